The minimum absolute atomic E-state index is 0.00753. The first-order valence-corrected chi connectivity index (χ1v) is 9.73. The Balaban J connectivity index is 1.66. The Hall–Kier alpha value is -3.00. The van der Waals surface area contributed by atoms with Crippen LogP contribution in [0.5, 0.6) is 5.88 Å². The fourth-order valence-corrected chi connectivity index (χ4v) is 3.13. The lowest BCUT2D eigenvalue weighted by atomic mass is 10.0. The van der Waals surface area contributed by atoms with E-state index < -0.39 is 0 Å². The fourth-order valence-electron chi connectivity index (χ4n) is 3.13. The van der Waals surface area contributed by atoms with Crippen LogP contribution in [0.3, 0.4) is 0 Å². The van der Waals surface area contributed by atoms with Gasteiger partial charge in [0.05, 0.1) is 11.8 Å². The van der Waals surface area contributed by atoms with E-state index in [0.717, 1.165) is 37.3 Å². The van der Waals surface area contributed by atoms with Gasteiger partial charge in [-0.05, 0) is 57.2 Å². The number of amides is 1. The van der Waals surface area contributed by atoms with Gasteiger partial charge in [-0.15, -0.1) is 0 Å². The van der Waals surface area contributed by atoms with Gasteiger partial charge < -0.3 is 15.2 Å². The molecule has 154 valence electrons. The average molecular weight is 397 g/mol. The fraction of sp³-hybridized carbons (Fsp3) is 0.429. The third-order valence-corrected chi connectivity index (χ3v) is 4.95. The smallest absolute Gasteiger partial charge is 0.248 e. The predicted octanol–water partition coefficient (Wildman–Crippen LogP) is 2.67. The molecular weight excluding hydrogens is 370 g/mol. The highest BCUT2D eigenvalue weighted by Crippen LogP contribution is 2.28. The van der Waals surface area contributed by atoms with Gasteiger partial charge in [0, 0.05) is 43.4 Å². The van der Waals surface area contributed by atoms with Crippen molar-refractivity contribution in [2.24, 2.45) is 10.9 Å². The van der Waals surface area contributed by atoms with Crippen LogP contribution in [0.2, 0.25) is 0 Å². The summed E-state index contributed by atoms with van der Waals surface area (Å²) in [7, 11) is 0. The zero-order valence-corrected chi connectivity index (χ0v) is 17.1. The van der Waals surface area contributed by atoms with Crippen molar-refractivity contribution >= 4 is 11.7 Å². The lowest BCUT2D eigenvalue weighted by Gasteiger charge is -2.22. The highest BCUT2D eigenvalue weighted by Gasteiger charge is 2.16. The molecule has 1 amide bonds. The molecule has 3 heterocycles. The van der Waals surface area contributed by atoms with E-state index in [1.807, 2.05) is 19.1 Å². The molecule has 0 unspecified atom stereocenters. The van der Waals surface area contributed by atoms with Gasteiger partial charge in [-0.1, -0.05) is 0 Å². The zero-order chi connectivity index (χ0) is 20.8. The molecule has 29 heavy (non-hydrogen) atoms. The number of nitrogens with one attached hydrogen (secondary N) is 1. The minimum Gasteiger partial charge on any atom is -0.493 e. The van der Waals surface area contributed by atoms with E-state index in [2.05, 4.69) is 20.4 Å². The predicted molar refractivity (Wildman–Crippen MR) is 111 cm³/mol. The number of rotatable bonds is 5. The number of nitrogens with zero attached hydrogens (tertiary/aromatic N) is 4. The van der Waals surface area contributed by atoms with Crippen LogP contribution in [0, 0.1) is 12.8 Å². The van der Waals surface area contributed by atoms with E-state index in [9.17, 15) is 9.90 Å². The van der Waals surface area contributed by atoms with Crippen molar-refractivity contribution < 1.29 is 14.6 Å². The Morgan fingerprint density at radius 1 is 1.41 bits per heavy atom. The molecular formula is C21H27N5O3. The van der Waals surface area contributed by atoms with Crippen molar-refractivity contribution in [3.05, 3.63) is 42.0 Å². The molecule has 2 aromatic heterocycles. The van der Waals surface area contributed by atoms with Gasteiger partial charge in [-0.25, -0.2) is 4.99 Å². The molecule has 1 aliphatic rings. The van der Waals surface area contributed by atoms with Gasteiger partial charge in [0.25, 0.3) is 0 Å². The van der Waals surface area contributed by atoms with E-state index in [1.165, 1.54) is 10.9 Å². The number of hydrogen-bond donors (Lipinski definition) is 2. The summed E-state index contributed by atoms with van der Waals surface area (Å²) in [6.45, 7) is 7.48. The van der Waals surface area contributed by atoms with Crippen molar-refractivity contribution in [2.75, 3.05) is 19.8 Å². The van der Waals surface area contributed by atoms with Crippen molar-refractivity contribution in [2.45, 2.75) is 33.6 Å². The second kappa shape index (κ2) is 9.47. The molecule has 3 rings (SSSR count). The summed E-state index contributed by atoms with van der Waals surface area (Å²) in [5, 5.41) is 17.7. The van der Waals surface area contributed by atoms with Crippen LogP contribution in [-0.2, 0) is 9.53 Å². The summed E-state index contributed by atoms with van der Waals surface area (Å²) in [6.07, 6.45) is 6.70. The SMILES string of the molecule is C/C(=C\N=C(/C)n1ncc(-c2ccnc(C)c2)c1O)C(=O)NCC1CCOCC1. The second-order valence-corrected chi connectivity index (χ2v) is 7.23. The van der Waals surface area contributed by atoms with Crippen LogP contribution < -0.4 is 5.32 Å². The monoisotopic (exact) mass is 397 g/mol. The van der Waals surface area contributed by atoms with E-state index in [0.29, 0.717) is 29.4 Å². The maximum Gasteiger partial charge on any atom is 0.248 e. The molecule has 0 radical (unpaired) electrons. The molecule has 8 nitrogen and oxygen atoms in total. The minimum atomic E-state index is -0.148. The molecule has 0 aliphatic carbocycles. The van der Waals surface area contributed by atoms with Crippen LogP contribution >= 0.6 is 0 Å². The lowest BCUT2D eigenvalue weighted by Crippen LogP contribution is -2.32. The van der Waals surface area contributed by atoms with Crippen LogP contribution in [0.1, 0.15) is 32.4 Å². The van der Waals surface area contributed by atoms with Gasteiger partial charge in [0.2, 0.25) is 11.8 Å². The van der Waals surface area contributed by atoms with Gasteiger partial charge in [0.1, 0.15) is 5.84 Å². The number of carbonyl (C=O) groups is 1. The maximum atomic E-state index is 12.3. The molecule has 1 fully saturated rings. The molecule has 0 aromatic carbocycles. The van der Waals surface area contributed by atoms with Gasteiger partial charge in [0.15, 0.2) is 0 Å². The van der Waals surface area contributed by atoms with E-state index in [-0.39, 0.29) is 11.8 Å². The summed E-state index contributed by atoms with van der Waals surface area (Å²) in [5.74, 6) is 0.760. The first-order chi connectivity index (χ1) is 14.0. The van der Waals surface area contributed by atoms with Crippen molar-refractivity contribution in [3.63, 3.8) is 0 Å². The van der Waals surface area contributed by atoms with E-state index >= 15 is 0 Å². The summed E-state index contributed by atoms with van der Waals surface area (Å²) >= 11 is 0. The molecule has 2 aromatic rings. The molecule has 1 saturated heterocycles. The Morgan fingerprint density at radius 2 is 2.17 bits per heavy atom. The number of aliphatic imine (C=N–C) groups is 1. The summed E-state index contributed by atoms with van der Waals surface area (Å²) in [4.78, 5) is 20.7. The molecule has 1 aliphatic heterocycles. The standard InChI is InChI=1S/C21H27N5O3/c1-14(20(27)24-12-17-5-8-29-9-6-17)11-23-16(3)26-21(28)19(13-25-26)18-4-7-22-15(2)10-18/h4,7,10-11,13,17,28H,5-6,8-9,12H2,1-3H3,(H,24,27)/b14-11+,23-16+. The Labute approximate surface area is 170 Å². The van der Waals surface area contributed by atoms with E-state index in [1.54, 1.807) is 26.2 Å². The van der Waals surface area contributed by atoms with Crippen molar-refractivity contribution in [1.82, 2.24) is 20.1 Å². The Morgan fingerprint density at radius 3 is 2.90 bits per heavy atom. The molecule has 0 saturated carbocycles. The number of pyridine rings is 1. The molecule has 2 N–H and O–H groups in total. The van der Waals surface area contributed by atoms with Crippen molar-refractivity contribution in [1.29, 1.82) is 0 Å². The number of aryl methyl sites for hydroxylation is 1. The van der Waals surface area contributed by atoms with Crippen molar-refractivity contribution in [3.8, 4) is 17.0 Å². The first-order valence-electron chi connectivity index (χ1n) is 9.73. The number of ether oxygens (including phenoxy) is 1. The van der Waals surface area contributed by atoms with Gasteiger partial charge >= 0.3 is 0 Å². The molecule has 0 bridgehead atoms. The largest absolute Gasteiger partial charge is 0.493 e. The van der Waals surface area contributed by atoms with Crippen LogP contribution in [-0.4, -0.2) is 51.4 Å². The Kier molecular flexibility index (Phi) is 6.77. The summed E-state index contributed by atoms with van der Waals surface area (Å²) < 4.78 is 6.67. The quantitative estimate of drug-likeness (QED) is 0.459. The first kappa shape index (κ1) is 20.7. The number of aromatic hydroxyl groups is 1. The maximum absolute atomic E-state index is 12.3. The number of carbonyl (C=O) groups excluding carboxylic acids is 1. The Bertz CT molecular complexity index is 926. The zero-order valence-electron chi connectivity index (χ0n) is 17.1. The highest BCUT2D eigenvalue weighted by atomic mass is 16.5. The van der Waals surface area contributed by atoms with Crippen LogP contribution in [0.4, 0.5) is 0 Å². The van der Waals surface area contributed by atoms with Gasteiger partial charge in [-0.3, -0.25) is 9.78 Å². The van der Waals surface area contributed by atoms with E-state index in [4.69, 9.17) is 4.74 Å². The number of aromatic nitrogens is 3. The highest BCUT2D eigenvalue weighted by molar-refractivity contribution is 5.93. The molecule has 0 spiro atoms. The van der Waals surface area contributed by atoms with Gasteiger partial charge in [-0.2, -0.15) is 9.78 Å². The van der Waals surface area contributed by atoms with Crippen LogP contribution in [0.25, 0.3) is 11.1 Å². The third kappa shape index (κ3) is 5.29. The average Bonchev–Trinajstić information content (AvgIpc) is 3.12. The topological polar surface area (TPSA) is 102 Å². The third-order valence-electron chi connectivity index (χ3n) is 4.95. The number of hydrogen-bond acceptors (Lipinski definition) is 6. The van der Waals surface area contributed by atoms with Crippen LogP contribution in [0.15, 0.2) is 41.3 Å². The lowest BCUT2D eigenvalue weighted by molar-refractivity contribution is -0.117. The molecule has 0 atom stereocenters. The molecule has 8 heteroatoms. The second-order valence-electron chi connectivity index (χ2n) is 7.23. The summed E-state index contributed by atoms with van der Waals surface area (Å²) in [5.41, 5.74) is 2.77. The summed E-state index contributed by atoms with van der Waals surface area (Å²) in [6, 6.07) is 3.69. The normalized spacial score (nSPS) is 16.1.